The average Bonchev–Trinajstić information content (AvgIpc) is 2.45. The van der Waals surface area contributed by atoms with Crippen LogP contribution in [0.25, 0.3) is 0 Å². The van der Waals surface area contributed by atoms with Gasteiger partial charge in [-0.1, -0.05) is 6.07 Å². The fraction of sp³-hybridized carbons (Fsp3) is 0.400. The molecule has 0 amide bonds. The van der Waals surface area contributed by atoms with E-state index in [1.807, 2.05) is 37.3 Å². The summed E-state index contributed by atoms with van der Waals surface area (Å²) in [6.45, 7) is 1.97. The number of aromatic nitrogens is 1. The largest absolute Gasteiger partial charge is 0.501 e. The van der Waals surface area contributed by atoms with E-state index in [1.54, 1.807) is 14.2 Å². The summed E-state index contributed by atoms with van der Waals surface area (Å²) in [7, 11) is 3.31. The van der Waals surface area contributed by atoms with Crippen molar-refractivity contribution in [3.63, 3.8) is 0 Å². The molecule has 0 radical (unpaired) electrons. The van der Waals surface area contributed by atoms with Gasteiger partial charge in [-0.3, -0.25) is 4.98 Å². The molecule has 0 fully saturated rings. The van der Waals surface area contributed by atoms with Gasteiger partial charge in [-0.05, 0) is 31.6 Å². The molecule has 2 N–H and O–H groups in total. The molecule has 0 saturated heterocycles. The zero-order chi connectivity index (χ0) is 13.8. The Kier molecular flexibility index (Phi) is 4.22. The Bertz CT molecular complexity index is 509. The molecule has 4 heteroatoms. The Morgan fingerprint density at radius 3 is 2.74 bits per heavy atom. The maximum atomic E-state index is 6.34. The molecule has 4 nitrogen and oxygen atoms in total. The first-order valence-electron chi connectivity index (χ1n) is 6.34. The maximum absolute atomic E-state index is 6.34. The SMILES string of the molecule is COC1=CCC(C(N)c2cccc(C)n2)C(OC)=C1. The van der Waals surface area contributed by atoms with Gasteiger partial charge in [0.25, 0.3) is 0 Å². The van der Waals surface area contributed by atoms with E-state index < -0.39 is 0 Å². The Labute approximate surface area is 113 Å². The smallest absolute Gasteiger partial charge is 0.118 e. The molecule has 2 unspecified atom stereocenters. The Morgan fingerprint density at radius 1 is 1.32 bits per heavy atom. The third-order valence-corrected chi connectivity index (χ3v) is 3.38. The summed E-state index contributed by atoms with van der Waals surface area (Å²) in [5.74, 6) is 1.76. The molecule has 2 rings (SSSR count). The topological polar surface area (TPSA) is 57.4 Å². The number of hydrogen-bond acceptors (Lipinski definition) is 4. The van der Waals surface area contributed by atoms with Gasteiger partial charge in [-0.15, -0.1) is 0 Å². The van der Waals surface area contributed by atoms with Crippen LogP contribution in [0.4, 0.5) is 0 Å². The number of rotatable bonds is 4. The number of aryl methyl sites for hydroxylation is 1. The Morgan fingerprint density at radius 2 is 2.11 bits per heavy atom. The van der Waals surface area contributed by atoms with Gasteiger partial charge in [0.2, 0.25) is 0 Å². The first-order chi connectivity index (χ1) is 9.15. The lowest BCUT2D eigenvalue weighted by Gasteiger charge is -2.27. The highest BCUT2D eigenvalue weighted by molar-refractivity contribution is 5.26. The lowest BCUT2D eigenvalue weighted by Crippen LogP contribution is -2.26. The minimum Gasteiger partial charge on any atom is -0.501 e. The van der Waals surface area contributed by atoms with Crippen LogP contribution in [0.1, 0.15) is 23.9 Å². The van der Waals surface area contributed by atoms with E-state index >= 15 is 0 Å². The van der Waals surface area contributed by atoms with Crippen LogP contribution < -0.4 is 5.73 Å². The zero-order valence-electron chi connectivity index (χ0n) is 11.6. The molecular weight excluding hydrogens is 240 g/mol. The number of ether oxygens (including phenoxy) is 2. The number of methoxy groups -OCH3 is 2. The Hall–Kier alpha value is -1.81. The van der Waals surface area contributed by atoms with Crippen LogP contribution in [0.15, 0.2) is 41.9 Å². The van der Waals surface area contributed by atoms with Crippen LogP contribution in [-0.4, -0.2) is 19.2 Å². The second-order valence-electron chi connectivity index (χ2n) is 4.63. The number of nitrogens with zero attached hydrogens (tertiary/aromatic N) is 1. The maximum Gasteiger partial charge on any atom is 0.118 e. The summed E-state index contributed by atoms with van der Waals surface area (Å²) in [5.41, 5.74) is 8.20. The van der Waals surface area contributed by atoms with Gasteiger partial charge in [0.1, 0.15) is 11.5 Å². The number of allylic oxidation sites excluding steroid dienone is 2. The predicted octanol–water partition coefficient (Wildman–Crippen LogP) is 2.47. The van der Waals surface area contributed by atoms with E-state index in [-0.39, 0.29) is 12.0 Å². The molecule has 2 atom stereocenters. The van der Waals surface area contributed by atoms with Gasteiger partial charge in [0, 0.05) is 17.7 Å². The molecule has 1 heterocycles. The summed E-state index contributed by atoms with van der Waals surface area (Å²) in [4.78, 5) is 4.50. The van der Waals surface area contributed by atoms with E-state index in [9.17, 15) is 0 Å². The molecule has 0 saturated carbocycles. The highest BCUT2D eigenvalue weighted by atomic mass is 16.5. The van der Waals surface area contributed by atoms with Crippen LogP contribution in [0.3, 0.4) is 0 Å². The predicted molar refractivity (Wildman–Crippen MR) is 74.2 cm³/mol. The molecule has 0 bridgehead atoms. The minimum atomic E-state index is -0.180. The monoisotopic (exact) mass is 260 g/mol. The van der Waals surface area contributed by atoms with Gasteiger partial charge in [0.15, 0.2) is 0 Å². The molecule has 0 aromatic carbocycles. The van der Waals surface area contributed by atoms with E-state index in [0.29, 0.717) is 0 Å². The lowest BCUT2D eigenvalue weighted by atomic mass is 9.88. The van der Waals surface area contributed by atoms with Crippen LogP contribution in [0.5, 0.6) is 0 Å². The average molecular weight is 260 g/mol. The van der Waals surface area contributed by atoms with E-state index in [1.165, 1.54) is 0 Å². The van der Waals surface area contributed by atoms with Crippen LogP contribution in [0.2, 0.25) is 0 Å². The molecule has 0 aliphatic heterocycles. The fourth-order valence-corrected chi connectivity index (χ4v) is 2.30. The molecule has 102 valence electrons. The van der Waals surface area contributed by atoms with Crippen LogP contribution in [-0.2, 0) is 9.47 Å². The third-order valence-electron chi connectivity index (χ3n) is 3.38. The molecule has 1 aliphatic carbocycles. The van der Waals surface area contributed by atoms with E-state index in [0.717, 1.165) is 29.3 Å². The van der Waals surface area contributed by atoms with Crippen molar-refractivity contribution < 1.29 is 9.47 Å². The first-order valence-corrected chi connectivity index (χ1v) is 6.34. The number of nitrogens with two attached hydrogens (primary N) is 1. The lowest BCUT2D eigenvalue weighted by molar-refractivity contribution is 0.211. The molecular formula is C15H20N2O2. The zero-order valence-corrected chi connectivity index (χ0v) is 11.6. The van der Waals surface area contributed by atoms with Gasteiger partial charge in [0.05, 0.1) is 26.0 Å². The molecule has 0 spiro atoms. The van der Waals surface area contributed by atoms with E-state index in [2.05, 4.69) is 4.98 Å². The van der Waals surface area contributed by atoms with Crippen molar-refractivity contribution in [3.8, 4) is 0 Å². The van der Waals surface area contributed by atoms with Crippen molar-refractivity contribution in [2.24, 2.45) is 11.7 Å². The van der Waals surface area contributed by atoms with E-state index in [4.69, 9.17) is 15.2 Å². The van der Waals surface area contributed by atoms with Gasteiger partial charge in [-0.2, -0.15) is 0 Å². The van der Waals surface area contributed by atoms with Crippen LogP contribution in [0, 0.1) is 12.8 Å². The summed E-state index contributed by atoms with van der Waals surface area (Å²) in [5, 5.41) is 0. The van der Waals surface area contributed by atoms with Gasteiger partial charge >= 0.3 is 0 Å². The molecule has 1 aliphatic rings. The van der Waals surface area contributed by atoms with Crippen molar-refractivity contribution in [2.45, 2.75) is 19.4 Å². The van der Waals surface area contributed by atoms with Crippen molar-refractivity contribution in [3.05, 3.63) is 53.3 Å². The summed E-state index contributed by atoms with van der Waals surface area (Å²) >= 11 is 0. The highest BCUT2D eigenvalue weighted by Crippen LogP contribution is 2.33. The second kappa shape index (κ2) is 5.89. The standard InChI is InChI=1S/C15H20N2O2/c1-10-5-4-6-13(17-10)15(16)12-8-7-11(18-2)9-14(12)19-3/h4-7,9,12,15H,8,16H2,1-3H3. The molecule has 19 heavy (non-hydrogen) atoms. The van der Waals surface area contributed by atoms with Crippen molar-refractivity contribution >= 4 is 0 Å². The van der Waals surface area contributed by atoms with Gasteiger partial charge < -0.3 is 15.2 Å². The number of hydrogen-bond donors (Lipinski definition) is 1. The van der Waals surface area contributed by atoms with Crippen molar-refractivity contribution in [2.75, 3.05) is 14.2 Å². The van der Waals surface area contributed by atoms with Crippen molar-refractivity contribution in [1.82, 2.24) is 4.98 Å². The summed E-state index contributed by atoms with van der Waals surface area (Å²) in [6, 6.07) is 5.72. The number of pyridine rings is 1. The minimum absolute atomic E-state index is 0.0956. The fourth-order valence-electron chi connectivity index (χ4n) is 2.30. The van der Waals surface area contributed by atoms with Crippen molar-refractivity contribution in [1.29, 1.82) is 0 Å². The second-order valence-corrected chi connectivity index (χ2v) is 4.63. The van der Waals surface area contributed by atoms with Gasteiger partial charge in [-0.25, -0.2) is 0 Å². The first kappa shape index (κ1) is 13.6. The Balaban J connectivity index is 2.23. The quantitative estimate of drug-likeness (QED) is 0.903. The van der Waals surface area contributed by atoms with Crippen LogP contribution >= 0.6 is 0 Å². The molecule has 1 aromatic rings. The third kappa shape index (κ3) is 2.96. The highest BCUT2D eigenvalue weighted by Gasteiger charge is 2.27. The summed E-state index contributed by atoms with van der Waals surface area (Å²) < 4.78 is 10.7. The normalized spacial score (nSPS) is 20.3. The summed E-state index contributed by atoms with van der Waals surface area (Å²) in [6.07, 6.45) is 4.71. The molecule has 1 aromatic heterocycles.